The molecule has 138 valence electrons. The van der Waals surface area contributed by atoms with Crippen LogP contribution < -0.4 is 4.74 Å². The summed E-state index contributed by atoms with van der Waals surface area (Å²) >= 11 is 0. The lowest BCUT2D eigenvalue weighted by Gasteiger charge is -2.31. The number of methoxy groups -OCH3 is 1. The second kappa shape index (κ2) is 8.03. The minimum absolute atomic E-state index is 0.161. The Morgan fingerprint density at radius 3 is 2.69 bits per heavy atom. The van der Waals surface area contributed by atoms with Crippen LogP contribution in [0.5, 0.6) is 5.75 Å². The molecular weight excluding hydrogens is 334 g/mol. The molecule has 7 nitrogen and oxygen atoms in total. The standard InChI is InChI=1S/C19H23N3O4/c1-3-26-19(24)14-5-4-11-21(13-14)18(23)17-10-12-22(20-17)15-6-8-16(25-2)9-7-15/h6-10,12,14H,3-5,11,13H2,1-2H3. The molecule has 0 N–H and O–H groups in total. The molecule has 2 aromatic rings. The van der Waals surface area contributed by atoms with E-state index in [-0.39, 0.29) is 17.8 Å². The maximum atomic E-state index is 12.7. The minimum atomic E-state index is -0.253. The number of piperidine rings is 1. The zero-order valence-corrected chi connectivity index (χ0v) is 15.1. The highest BCUT2D eigenvalue weighted by atomic mass is 16.5. The van der Waals surface area contributed by atoms with Crippen LogP contribution in [0.15, 0.2) is 36.5 Å². The predicted octanol–water partition coefficient (Wildman–Crippen LogP) is 2.30. The number of carbonyl (C=O) groups is 2. The molecule has 1 aliphatic rings. The molecule has 0 radical (unpaired) electrons. The summed E-state index contributed by atoms with van der Waals surface area (Å²) in [6.07, 6.45) is 3.29. The number of likely N-dealkylation sites (tertiary alicyclic amines) is 1. The number of nitrogens with zero attached hydrogens (tertiary/aromatic N) is 3. The van der Waals surface area contributed by atoms with Gasteiger partial charge in [0.2, 0.25) is 0 Å². The van der Waals surface area contributed by atoms with Gasteiger partial charge in [0.15, 0.2) is 5.69 Å². The number of ether oxygens (including phenoxy) is 2. The molecule has 7 heteroatoms. The van der Waals surface area contributed by atoms with Crippen molar-refractivity contribution in [1.82, 2.24) is 14.7 Å². The molecule has 1 amide bonds. The van der Waals surface area contributed by atoms with Crippen molar-refractivity contribution >= 4 is 11.9 Å². The molecule has 0 saturated carbocycles. The highest BCUT2D eigenvalue weighted by Crippen LogP contribution is 2.20. The summed E-state index contributed by atoms with van der Waals surface area (Å²) in [6, 6.07) is 9.12. The average Bonchev–Trinajstić information content (AvgIpc) is 3.18. The van der Waals surface area contributed by atoms with Gasteiger partial charge in [-0.2, -0.15) is 5.10 Å². The summed E-state index contributed by atoms with van der Waals surface area (Å²) in [6.45, 7) is 3.15. The lowest BCUT2D eigenvalue weighted by atomic mass is 9.98. The summed E-state index contributed by atoms with van der Waals surface area (Å²) in [4.78, 5) is 26.4. The Morgan fingerprint density at radius 2 is 2.00 bits per heavy atom. The molecule has 1 aliphatic heterocycles. The van der Waals surface area contributed by atoms with Gasteiger partial charge in [0.25, 0.3) is 5.91 Å². The highest BCUT2D eigenvalue weighted by molar-refractivity contribution is 5.92. The molecule has 1 unspecified atom stereocenters. The van der Waals surface area contributed by atoms with Gasteiger partial charge >= 0.3 is 5.97 Å². The van der Waals surface area contributed by atoms with Crippen LogP contribution in [0.2, 0.25) is 0 Å². The molecule has 1 aromatic heterocycles. The third kappa shape index (κ3) is 3.87. The lowest BCUT2D eigenvalue weighted by molar-refractivity contribution is -0.149. The van der Waals surface area contributed by atoms with Gasteiger partial charge in [0.1, 0.15) is 5.75 Å². The molecule has 26 heavy (non-hydrogen) atoms. The first-order chi connectivity index (χ1) is 12.6. The third-order valence-electron chi connectivity index (χ3n) is 4.47. The Kier molecular flexibility index (Phi) is 5.55. The van der Waals surface area contributed by atoms with Crippen LogP contribution in [-0.4, -0.2) is 53.4 Å². The van der Waals surface area contributed by atoms with E-state index in [1.165, 1.54) is 0 Å². The maximum Gasteiger partial charge on any atom is 0.310 e. The molecule has 3 rings (SSSR count). The van der Waals surface area contributed by atoms with Crippen molar-refractivity contribution in [3.8, 4) is 11.4 Å². The fourth-order valence-corrected chi connectivity index (χ4v) is 3.09. The van der Waals surface area contributed by atoms with Crippen LogP contribution >= 0.6 is 0 Å². The van der Waals surface area contributed by atoms with E-state index in [1.54, 1.807) is 35.9 Å². The van der Waals surface area contributed by atoms with Gasteiger partial charge in [0, 0.05) is 19.3 Å². The van der Waals surface area contributed by atoms with Crippen molar-refractivity contribution in [3.63, 3.8) is 0 Å². The first-order valence-corrected chi connectivity index (χ1v) is 8.78. The monoisotopic (exact) mass is 357 g/mol. The van der Waals surface area contributed by atoms with Crippen molar-refractivity contribution in [3.05, 3.63) is 42.2 Å². The summed E-state index contributed by atoms with van der Waals surface area (Å²) in [7, 11) is 1.61. The van der Waals surface area contributed by atoms with Crippen LogP contribution in [0.3, 0.4) is 0 Å². The van der Waals surface area contributed by atoms with Gasteiger partial charge in [-0.25, -0.2) is 4.68 Å². The summed E-state index contributed by atoms with van der Waals surface area (Å²) < 4.78 is 11.9. The Hall–Kier alpha value is -2.83. The molecule has 2 heterocycles. The third-order valence-corrected chi connectivity index (χ3v) is 4.47. The van der Waals surface area contributed by atoms with Crippen molar-refractivity contribution < 1.29 is 19.1 Å². The van der Waals surface area contributed by atoms with Gasteiger partial charge in [-0.15, -0.1) is 0 Å². The number of esters is 1. The summed E-state index contributed by atoms with van der Waals surface area (Å²) in [5.74, 6) is 0.117. The Balaban J connectivity index is 1.70. The second-order valence-corrected chi connectivity index (χ2v) is 6.19. The number of rotatable bonds is 5. The van der Waals surface area contributed by atoms with Gasteiger partial charge in [-0.05, 0) is 50.1 Å². The van der Waals surface area contributed by atoms with E-state index in [0.29, 0.717) is 25.4 Å². The number of hydrogen-bond donors (Lipinski definition) is 0. The number of amides is 1. The second-order valence-electron chi connectivity index (χ2n) is 6.19. The van der Waals surface area contributed by atoms with E-state index < -0.39 is 0 Å². The Bertz CT molecular complexity index is 769. The van der Waals surface area contributed by atoms with Crippen LogP contribution in [0.1, 0.15) is 30.3 Å². The Morgan fingerprint density at radius 1 is 1.23 bits per heavy atom. The predicted molar refractivity (Wildman–Crippen MR) is 95.4 cm³/mol. The fraction of sp³-hybridized carbons (Fsp3) is 0.421. The van der Waals surface area contributed by atoms with E-state index in [4.69, 9.17) is 9.47 Å². The van der Waals surface area contributed by atoms with Gasteiger partial charge < -0.3 is 14.4 Å². The average molecular weight is 357 g/mol. The van der Waals surface area contributed by atoms with Crippen LogP contribution in [0.25, 0.3) is 5.69 Å². The number of carbonyl (C=O) groups excluding carboxylic acids is 2. The number of aromatic nitrogens is 2. The summed E-state index contributed by atoms with van der Waals surface area (Å²) in [5, 5.41) is 4.39. The molecule has 1 atom stereocenters. The van der Waals surface area contributed by atoms with Crippen molar-refractivity contribution in [1.29, 1.82) is 0 Å². The molecule has 0 bridgehead atoms. The zero-order valence-electron chi connectivity index (χ0n) is 15.1. The molecule has 0 spiro atoms. The summed E-state index contributed by atoms with van der Waals surface area (Å²) in [5.41, 5.74) is 1.21. The van der Waals surface area contributed by atoms with Gasteiger partial charge in [-0.1, -0.05) is 0 Å². The molecular formula is C19H23N3O4. The molecule has 1 fully saturated rings. The molecule has 1 aromatic carbocycles. The van der Waals surface area contributed by atoms with Gasteiger partial charge in [0.05, 0.1) is 25.3 Å². The molecule has 0 aliphatic carbocycles. The quantitative estimate of drug-likeness (QED) is 0.768. The fourth-order valence-electron chi connectivity index (χ4n) is 3.09. The van der Waals surface area contributed by atoms with E-state index in [1.807, 2.05) is 24.3 Å². The van der Waals surface area contributed by atoms with Crippen LogP contribution in [0.4, 0.5) is 0 Å². The van der Waals surface area contributed by atoms with E-state index in [2.05, 4.69) is 5.10 Å². The van der Waals surface area contributed by atoms with E-state index in [9.17, 15) is 9.59 Å². The van der Waals surface area contributed by atoms with Gasteiger partial charge in [-0.3, -0.25) is 9.59 Å². The normalized spacial score (nSPS) is 17.0. The SMILES string of the molecule is CCOC(=O)C1CCCN(C(=O)c2ccn(-c3ccc(OC)cc3)n2)C1. The van der Waals surface area contributed by atoms with Crippen LogP contribution in [-0.2, 0) is 9.53 Å². The zero-order chi connectivity index (χ0) is 18.5. The van der Waals surface area contributed by atoms with Crippen molar-refractivity contribution in [2.75, 3.05) is 26.8 Å². The largest absolute Gasteiger partial charge is 0.497 e. The smallest absolute Gasteiger partial charge is 0.310 e. The van der Waals surface area contributed by atoms with Crippen molar-refractivity contribution in [2.24, 2.45) is 5.92 Å². The molecule has 1 saturated heterocycles. The number of benzene rings is 1. The minimum Gasteiger partial charge on any atom is -0.497 e. The maximum absolute atomic E-state index is 12.7. The van der Waals surface area contributed by atoms with E-state index in [0.717, 1.165) is 24.3 Å². The highest BCUT2D eigenvalue weighted by Gasteiger charge is 2.30. The van der Waals surface area contributed by atoms with E-state index >= 15 is 0 Å². The first kappa shape index (κ1) is 18.0. The lowest BCUT2D eigenvalue weighted by Crippen LogP contribution is -2.43. The first-order valence-electron chi connectivity index (χ1n) is 8.78. The van der Waals surface area contributed by atoms with Crippen LogP contribution in [0, 0.1) is 5.92 Å². The topological polar surface area (TPSA) is 73.7 Å². The van der Waals surface area contributed by atoms with Crippen molar-refractivity contribution in [2.45, 2.75) is 19.8 Å². The Labute approximate surface area is 152 Å². The number of hydrogen-bond acceptors (Lipinski definition) is 5.